The fourth-order valence-electron chi connectivity index (χ4n) is 2.19. The van der Waals surface area contributed by atoms with Crippen LogP contribution in [0.15, 0.2) is 0 Å². The van der Waals surface area contributed by atoms with Gasteiger partial charge in [0.25, 0.3) is 13.1 Å². The van der Waals surface area contributed by atoms with Gasteiger partial charge in [-0.3, -0.25) is 0 Å². The lowest BCUT2D eigenvalue weighted by Crippen LogP contribution is -2.44. The van der Waals surface area contributed by atoms with E-state index in [2.05, 4.69) is 0 Å². The molecule has 4 unspecified atom stereocenters. The highest BCUT2D eigenvalue weighted by molar-refractivity contribution is 8.75. The summed E-state index contributed by atoms with van der Waals surface area (Å²) in [6.07, 6.45) is 0. The number of rotatable bonds is 12. The first kappa shape index (κ1) is 23.5. The molecule has 0 amide bonds. The highest BCUT2D eigenvalue weighted by Gasteiger charge is 2.55. The first-order valence-electron chi connectivity index (χ1n) is 7.82. The Labute approximate surface area is 161 Å². The summed E-state index contributed by atoms with van der Waals surface area (Å²) in [7, 11) is -4.20. The van der Waals surface area contributed by atoms with Gasteiger partial charge in [0.15, 0.2) is 23.6 Å². The molecule has 0 spiro atoms. The zero-order valence-electron chi connectivity index (χ0n) is 14.5. The lowest BCUT2D eigenvalue weighted by molar-refractivity contribution is -0.0809. The summed E-state index contributed by atoms with van der Waals surface area (Å²) in [6.45, 7) is 10.6. The topological polar surface area (TPSA) is 55.4 Å². The van der Waals surface area contributed by atoms with Crippen LogP contribution in [-0.4, -0.2) is 50.5 Å². The van der Waals surface area contributed by atoms with E-state index in [0.29, 0.717) is 39.6 Å². The number of hydrogen-bond donors (Lipinski definition) is 0. The molecule has 0 N–H and O–H groups in total. The molecule has 24 heavy (non-hydrogen) atoms. The maximum Gasteiger partial charge on any atom is 0.293 e. The van der Waals surface area contributed by atoms with Crippen LogP contribution in [0.5, 0.6) is 0 Å². The molecule has 1 heterocycles. The molecule has 0 aromatic heterocycles. The van der Waals surface area contributed by atoms with Gasteiger partial charge < -0.3 is 9.47 Å². The van der Waals surface area contributed by atoms with E-state index in [-0.39, 0.29) is 13.1 Å². The molecule has 0 aliphatic carbocycles. The predicted molar refractivity (Wildman–Crippen MR) is 113 cm³/mol. The molecule has 0 aromatic carbocycles. The van der Waals surface area contributed by atoms with E-state index in [1.807, 2.05) is 27.7 Å². The third-order valence-corrected chi connectivity index (χ3v) is 16.2. The third kappa shape index (κ3) is 5.50. The highest BCUT2D eigenvalue weighted by atomic mass is 33.0. The van der Waals surface area contributed by atoms with Crippen molar-refractivity contribution in [2.24, 2.45) is 0 Å². The Hall–Kier alpha value is 1.50. The summed E-state index contributed by atoms with van der Waals surface area (Å²) >= 11 is 10.8. The van der Waals surface area contributed by atoms with Crippen molar-refractivity contribution in [3.63, 3.8) is 0 Å². The minimum atomic E-state index is -2.10. The second-order valence-corrected chi connectivity index (χ2v) is 16.2. The van der Waals surface area contributed by atoms with Gasteiger partial charge >= 0.3 is 0 Å². The lowest BCUT2D eigenvalue weighted by Gasteiger charge is -2.48. The smallest absolute Gasteiger partial charge is 0.293 e. The van der Waals surface area contributed by atoms with Gasteiger partial charge in [-0.25, -0.2) is 16.7 Å². The summed E-state index contributed by atoms with van der Waals surface area (Å²) in [5.41, 5.74) is -0.906. The van der Waals surface area contributed by atoms with Crippen LogP contribution in [0.4, 0.5) is 0 Å². The minimum absolute atomic E-state index is 0.0228. The van der Waals surface area contributed by atoms with Gasteiger partial charge in [0.1, 0.15) is 0 Å². The van der Waals surface area contributed by atoms with Gasteiger partial charge in [-0.1, -0.05) is 0 Å². The third-order valence-electron chi connectivity index (χ3n) is 2.89. The molecule has 1 aliphatic rings. The van der Waals surface area contributed by atoms with Crippen LogP contribution in [-0.2, 0) is 49.8 Å². The standard InChI is InChI=1S/C12H26O6P2S4/c1-5-15-23(19-21,16-6-2)11-12(14-10-9-13-11)24(20-22,17-7-3)18-8-4/h11-12H,5-10H2,1-4H3/p+2. The Kier molecular flexibility index (Phi) is 11.8. The fraction of sp³-hybridized carbons (Fsp3) is 1.00. The molecular weight excluding hydrogens is 430 g/mol. The summed E-state index contributed by atoms with van der Waals surface area (Å²) in [4.78, 5) is 0. The molecule has 0 aromatic rings. The van der Waals surface area contributed by atoms with E-state index in [0.717, 1.165) is 0 Å². The molecule has 0 saturated carbocycles. The first-order chi connectivity index (χ1) is 11.6. The summed E-state index contributed by atoms with van der Waals surface area (Å²) in [5.74, 6) is 0. The van der Waals surface area contributed by atoms with Crippen molar-refractivity contribution in [1.29, 1.82) is 0 Å². The van der Waals surface area contributed by atoms with Crippen LogP contribution in [0.1, 0.15) is 27.7 Å². The lowest BCUT2D eigenvalue weighted by atomic mass is 10.6. The van der Waals surface area contributed by atoms with Crippen LogP contribution in [0.25, 0.3) is 0 Å². The zero-order chi connectivity index (χ0) is 18.1. The molecule has 1 fully saturated rings. The van der Waals surface area contributed by atoms with Gasteiger partial charge in [-0.2, -0.15) is 0 Å². The number of ether oxygens (including phenoxy) is 2. The van der Waals surface area contributed by atoms with Crippen molar-refractivity contribution in [1.82, 2.24) is 0 Å². The average Bonchev–Trinajstić information content (AvgIpc) is 2.61. The van der Waals surface area contributed by atoms with Gasteiger partial charge in [-0.05, 0) is 27.7 Å². The Morgan fingerprint density at radius 2 is 1.04 bits per heavy atom. The van der Waals surface area contributed by atoms with Crippen molar-refractivity contribution in [3.8, 4) is 0 Å². The average molecular weight is 459 g/mol. The van der Waals surface area contributed by atoms with Crippen molar-refractivity contribution >= 4 is 57.1 Å². The van der Waals surface area contributed by atoms with Gasteiger partial charge in [0, 0.05) is 20.4 Å². The molecular formula is C12H28O6P2S4+2. The van der Waals surface area contributed by atoms with Crippen molar-refractivity contribution in [2.45, 2.75) is 38.6 Å². The second-order valence-electron chi connectivity index (χ2n) is 4.36. The van der Waals surface area contributed by atoms with E-state index in [1.54, 1.807) is 0 Å². The molecule has 1 saturated heterocycles. The Morgan fingerprint density at radius 3 is 1.25 bits per heavy atom. The van der Waals surface area contributed by atoms with E-state index in [9.17, 15) is 0 Å². The van der Waals surface area contributed by atoms with E-state index in [4.69, 9.17) is 49.8 Å². The zero-order valence-corrected chi connectivity index (χ0v) is 19.7. The quantitative estimate of drug-likeness (QED) is 0.403. The van der Waals surface area contributed by atoms with Gasteiger partial charge in [0.2, 0.25) is 10.9 Å². The Morgan fingerprint density at radius 1 is 0.750 bits per heavy atom. The van der Waals surface area contributed by atoms with E-state index >= 15 is 0 Å². The summed E-state index contributed by atoms with van der Waals surface area (Å²) in [6, 6.07) is 0. The van der Waals surface area contributed by atoms with Crippen LogP contribution < -0.4 is 0 Å². The van der Waals surface area contributed by atoms with Crippen molar-refractivity contribution in [3.05, 3.63) is 0 Å². The fourth-order valence-corrected chi connectivity index (χ4v) is 14.6. The van der Waals surface area contributed by atoms with E-state index in [1.165, 1.54) is 0 Å². The molecule has 12 heteroatoms. The summed E-state index contributed by atoms with van der Waals surface area (Å²) < 4.78 is 36.2. The minimum Gasteiger partial charge on any atom is -0.348 e. The Bertz CT molecular complexity index is 358. The monoisotopic (exact) mass is 458 g/mol. The maximum absolute atomic E-state index is 6.07. The summed E-state index contributed by atoms with van der Waals surface area (Å²) in [5, 5.41) is 0. The highest BCUT2D eigenvalue weighted by Crippen LogP contribution is 2.75. The molecule has 6 nitrogen and oxygen atoms in total. The Balaban J connectivity index is 3.29. The number of hydrogen-bond acceptors (Lipinski definition) is 8. The van der Waals surface area contributed by atoms with Gasteiger partial charge in [0.05, 0.1) is 39.6 Å². The van der Waals surface area contributed by atoms with Crippen LogP contribution >= 0.6 is 33.5 Å². The second kappa shape index (κ2) is 12.1. The van der Waals surface area contributed by atoms with E-state index < -0.39 is 31.3 Å². The predicted octanol–water partition coefficient (Wildman–Crippen LogP) is 4.21. The van der Waals surface area contributed by atoms with Crippen LogP contribution in [0, 0.1) is 0 Å². The van der Waals surface area contributed by atoms with Crippen molar-refractivity contribution in [2.75, 3.05) is 39.6 Å². The largest absolute Gasteiger partial charge is 0.348 e. The molecule has 4 atom stereocenters. The van der Waals surface area contributed by atoms with Crippen LogP contribution in [0.3, 0.4) is 0 Å². The molecule has 144 valence electrons. The van der Waals surface area contributed by atoms with Crippen LogP contribution in [0.2, 0.25) is 0 Å². The van der Waals surface area contributed by atoms with Gasteiger partial charge in [-0.15, -0.1) is 0 Å². The molecule has 0 bridgehead atoms. The normalized spacial score (nSPS) is 24.3. The van der Waals surface area contributed by atoms with Crippen molar-refractivity contribution < 1.29 is 26.2 Å². The molecule has 1 rings (SSSR count). The molecule has 0 radical (unpaired) electrons. The SMILES string of the molecule is CCOS(OCC)([PH+]=S)C1OCCOC1S(OCC)(OCC)[PH+]=S. The molecule has 1 aliphatic heterocycles. The maximum atomic E-state index is 6.07. The first-order valence-corrected chi connectivity index (χ1v) is 16.6.